The normalized spacial score (nSPS) is 12.5. The van der Waals surface area contributed by atoms with Crippen LogP contribution in [0.1, 0.15) is 330 Å². The maximum absolute atomic E-state index is 12.8. The van der Waals surface area contributed by atoms with Gasteiger partial charge in [-0.3, -0.25) is 14.4 Å². The predicted molar refractivity (Wildman–Crippen MR) is 280 cm³/mol. The smallest absolute Gasteiger partial charge is 0.306 e. The van der Waals surface area contributed by atoms with Crippen LogP contribution in [0.5, 0.6) is 0 Å². The predicted octanol–water partition coefficient (Wildman–Crippen LogP) is 19.3. The van der Waals surface area contributed by atoms with Gasteiger partial charge in [0.05, 0.1) is 0 Å². The third-order valence-electron chi connectivity index (χ3n) is 13.8. The molecule has 0 aromatic carbocycles. The van der Waals surface area contributed by atoms with Gasteiger partial charge in [0.1, 0.15) is 13.2 Å². The Kier molecular flexibility index (Phi) is 50.5. The molecule has 0 saturated heterocycles. The Morgan fingerprint density at radius 2 is 0.585 bits per heavy atom. The molecule has 65 heavy (non-hydrogen) atoms. The van der Waals surface area contributed by atoms with Gasteiger partial charge >= 0.3 is 17.9 Å². The minimum atomic E-state index is -0.762. The molecule has 0 aromatic rings. The van der Waals surface area contributed by atoms with Crippen molar-refractivity contribution in [3.63, 3.8) is 0 Å². The number of rotatable bonds is 53. The number of unbranched alkanes of at least 4 members (excludes halogenated alkanes) is 37. The van der Waals surface area contributed by atoms with E-state index >= 15 is 0 Å². The maximum atomic E-state index is 12.8. The van der Waals surface area contributed by atoms with Crippen LogP contribution in [0.2, 0.25) is 0 Å². The zero-order valence-electron chi connectivity index (χ0n) is 44.6. The molecule has 0 bridgehead atoms. The molecule has 0 aliphatic carbocycles. The lowest BCUT2D eigenvalue weighted by molar-refractivity contribution is -0.167. The van der Waals surface area contributed by atoms with Crippen LogP contribution >= 0.6 is 0 Å². The van der Waals surface area contributed by atoms with Crippen molar-refractivity contribution in [3.05, 3.63) is 0 Å². The number of hydrogen-bond donors (Lipinski definition) is 0. The second kappa shape index (κ2) is 51.8. The summed E-state index contributed by atoms with van der Waals surface area (Å²) in [5.74, 6) is 0.894. The standard InChI is InChI=1S/C59H114O6/c1-6-8-9-10-11-12-22-29-34-39-44-49-57(60)63-52-56(65-59(62)51-46-41-36-31-26-21-23-27-32-37-42-47-54(3)4)53-64-58(61)50-45-40-35-30-25-20-18-16-14-13-15-17-19-24-28-33-38-43-48-55(5)7-2/h54-56H,6-53H2,1-5H3/t55?,56-/m0/s1. The Hall–Kier alpha value is -1.59. The highest BCUT2D eigenvalue weighted by Crippen LogP contribution is 2.19. The molecule has 0 radical (unpaired) electrons. The van der Waals surface area contributed by atoms with Crippen molar-refractivity contribution in [1.29, 1.82) is 0 Å². The highest BCUT2D eigenvalue weighted by molar-refractivity contribution is 5.71. The van der Waals surface area contributed by atoms with E-state index < -0.39 is 6.10 Å². The van der Waals surface area contributed by atoms with Crippen molar-refractivity contribution >= 4 is 17.9 Å². The van der Waals surface area contributed by atoms with Gasteiger partial charge in [-0.2, -0.15) is 0 Å². The Morgan fingerprint density at radius 3 is 0.877 bits per heavy atom. The first-order valence-corrected chi connectivity index (χ1v) is 29.3. The first kappa shape index (κ1) is 63.4. The van der Waals surface area contributed by atoms with Crippen molar-refractivity contribution in [3.8, 4) is 0 Å². The van der Waals surface area contributed by atoms with Crippen LogP contribution in [0.15, 0.2) is 0 Å². The van der Waals surface area contributed by atoms with E-state index in [1.807, 2.05) is 0 Å². The van der Waals surface area contributed by atoms with Gasteiger partial charge in [-0.15, -0.1) is 0 Å². The van der Waals surface area contributed by atoms with E-state index in [2.05, 4.69) is 34.6 Å². The summed E-state index contributed by atoms with van der Waals surface area (Å²) in [6, 6.07) is 0. The summed E-state index contributed by atoms with van der Waals surface area (Å²) in [5.41, 5.74) is 0. The number of carbonyl (C=O) groups excluding carboxylic acids is 3. The van der Waals surface area contributed by atoms with Gasteiger partial charge < -0.3 is 14.2 Å². The molecular formula is C59H114O6. The number of ether oxygens (including phenoxy) is 3. The quantitative estimate of drug-likeness (QED) is 0.0344. The summed E-state index contributed by atoms with van der Waals surface area (Å²) >= 11 is 0. The molecule has 0 rings (SSSR count). The summed E-state index contributed by atoms with van der Waals surface area (Å²) in [4.78, 5) is 38.1. The van der Waals surface area contributed by atoms with Crippen LogP contribution < -0.4 is 0 Å². The van der Waals surface area contributed by atoms with Gasteiger partial charge in [0.25, 0.3) is 0 Å². The molecule has 0 N–H and O–H groups in total. The molecular weight excluding hydrogens is 805 g/mol. The maximum Gasteiger partial charge on any atom is 0.306 e. The van der Waals surface area contributed by atoms with E-state index in [0.717, 1.165) is 69.6 Å². The van der Waals surface area contributed by atoms with E-state index in [1.54, 1.807) is 0 Å². The summed E-state index contributed by atoms with van der Waals surface area (Å²) in [6.45, 7) is 11.4. The minimum absolute atomic E-state index is 0.0627. The number of esters is 3. The van der Waals surface area contributed by atoms with Crippen LogP contribution in [0, 0.1) is 11.8 Å². The molecule has 386 valence electrons. The van der Waals surface area contributed by atoms with E-state index in [-0.39, 0.29) is 31.1 Å². The molecule has 0 aliphatic heterocycles. The molecule has 6 nitrogen and oxygen atoms in total. The molecule has 2 atom stereocenters. The van der Waals surface area contributed by atoms with Gasteiger partial charge in [0, 0.05) is 19.3 Å². The Bertz CT molecular complexity index is 995. The fraction of sp³-hybridized carbons (Fsp3) is 0.949. The average Bonchev–Trinajstić information content (AvgIpc) is 3.29. The van der Waals surface area contributed by atoms with Crippen molar-refractivity contribution < 1.29 is 28.6 Å². The van der Waals surface area contributed by atoms with Crippen LogP contribution in [-0.4, -0.2) is 37.2 Å². The average molecular weight is 920 g/mol. The third-order valence-corrected chi connectivity index (χ3v) is 13.8. The van der Waals surface area contributed by atoms with Crippen LogP contribution in [-0.2, 0) is 28.6 Å². The van der Waals surface area contributed by atoms with Crippen molar-refractivity contribution in [2.24, 2.45) is 11.8 Å². The highest BCUT2D eigenvalue weighted by atomic mass is 16.6. The molecule has 0 saturated carbocycles. The Balaban J connectivity index is 4.20. The lowest BCUT2D eigenvalue weighted by atomic mass is 9.99. The molecule has 0 spiro atoms. The Labute approximate surface area is 406 Å². The number of hydrogen-bond acceptors (Lipinski definition) is 6. The lowest BCUT2D eigenvalue weighted by Crippen LogP contribution is -2.30. The van der Waals surface area contributed by atoms with E-state index in [4.69, 9.17) is 14.2 Å². The van der Waals surface area contributed by atoms with Gasteiger partial charge in [-0.1, -0.05) is 291 Å². The summed E-state index contributed by atoms with van der Waals surface area (Å²) in [5, 5.41) is 0. The van der Waals surface area contributed by atoms with Gasteiger partial charge in [0.2, 0.25) is 0 Å². The van der Waals surface area contributed by atoms with Crippen LogP contribution in [0.3, 0.4) is 0 Å². The monoisotopic (exact) mass is 919 g/mol. The summed E-state index contributed by atoms with van der Waals surface area (Å²) < 4.78 is 16.9. The first-order chi connectivity index (χ1) is 31.8. The Morgan fingerprint density at radius 1 is 0.323 bits per heavy atom. The second-order valence-corrected chi connectivity index (χ2v) is 21.0. The van der Waals surface area contributed by atoms with Gasteiger partial charge in [-0.25, -0.2) is 0 Å². The summed E-state index contributed by atoms with van der Waals surface area (Å²) in [7, 11) is 0. The van der Waals surface area contributed by atoms with Crippen LogP contribution in [0.4, 0.5) is 0 Å². The van der Waals surface area contributed by atoms with Gasteiger partial charge in [0.15, 0.2) is 6.10 Å². The zero-order valence-corrected chi connectivity index (χ0v) is 44.6. The zero-order chi connectivity index (χ0) is 47.5. The SMILES string of the molecule is CCCCCCCCCCCCCC(=O)OC[C@@H](COC(=O)CCCCCCCCCCCCCCCCCCCCC(C)CC)OC(=O)CCCCCCCCCCCCCC(C)C. The third kappa shape index (κ3) is 51.6. The molecule has 1 unspecified atom stereocenters. The van der Waals surface area contributed by atoms with Crippen molar-refractivity contribution in [1.82, 2.24) is 0 Å². The van der Waals surface area contributed by atoms with Crippen molar-refractivity contribution in [2.75, 3.05) is 13.2 Å². The van der Waals surface area contributed by atoms with E-state index in [9.17, 15) is 14.4 Å². The minimum Gasteiger partial charge on any atom is -0.462 e. The fourth-order valence-electron chi connectivity index (χ4n) is 9.02. The van der Waals surface area contributed by atoms with E-state index in [1.165, 1.54) is 218 Å². The first-order valence-electron chi connectivity index (χ1n) is 29.3. The molecule has 0 fully saturated rings. The van der Waals surface area contributed by atoms with E-state index in [0.29, 0.717) is 19.3 Å². The number of carbonyl (C=O) groups is 3. The molecule has 0 heterocycles. The molecule has 0 aromatic heterocycles. The topological polar surface area (TPSA) is 78.9 Å². The lowest BCUT2D eigenvalue weighted by Gasteiger charge is -2.18. The van der Waals surface area contributed by atoms with Crippen molar-refractivity contribution in [2.45, 2.75) is 336 Å². The van der Waals surface area contributed by atoms with Gasteiger partial charge in [-0.05, 0) is 31.1 Å². The second-order valence-electron chi connectivity index (χ2n) is 21.0. The highest BCUT2D eigenvalue weighted by Gasteiger charge is 2.19. The molecule has 0 aliphatic rings. The molecule has 6 heteroatoms. The molecule has 0 amide bonds. The fourth-order valence-corrected chi connectivity index (χ4v) is 9.02. The largest absolute Gasteiger partial charge is 0.462 e. The summed E-state index contributed by atoms with van der Waals surface area (Å²) in [6.07, 6.45) is 55.2. The van der Waals surface area contributed by atoms with Crippen LogP contribution in [0.25, 0.3) is 0 Å².